The molecule has 95 heavy (non-hydrogen) atoms. The first-order valence-electron chi connectivity index (χ1n) is 32.5. The Bertz CT molecular complexity index is 3210. The molecule has 0 aliphatic carbocycles. The Balaban J connectivity index is 1.00. The number of nitrogens with one attached hydrogen (secondary N) is 5. The third kappa shape index (κ3) is 19.4. The van der Waals surface area contributed by atoms with Gasteiger partial charge in [-0.05, 0) is 99.7 Å². The molecule has 30 heteroatoms. The SMILES string of the molecule is COCCCCCCCOC1CCN(c2ccc(-c3nnc(-c4ccc(C(=O)N[C@H]5C[C@@H](O)CNC(=O)[C@@H]6[C@@H](O)[C@@H](C)CN6C(=O)[C@H]([C@H](O)CCN)NC(=O)[C@H]([C@H](O)Cc6ccc(O)c(OCCN)c6)NC(=O)[C@@H]6C[C@@H](O)CN6C(=O)[C@H]([C@@H](C)O)NC5=O)cc4)s3)cc2)CC1. The van der Waals surface area contributed by atoms with Crippen LogP contribution in [0, 0.1) is 5.92 Å². The summed E-state index contributed by atoms with van der Waals surface area (Å²) in [6.07, 6.45) is -4.04. The first-order chi connectivity index (χ1) is 45.6. The molecule has 16 N–H and O–H groups in total. The van der Waals surface area contributed by atoms with Crippen LogP contribution in [0.5, 0.6) is 11.5 Å². The third-order valence-electron chi connectivity index (χ3n) is 17.6. The number of piperidine rings is 1. The second-order valence-corrected chi connectivity index (χ2v) is 25.8. The number of amides is 7. The van der Waals surface area contributed by atoms with Gasteiger partial charge in [-0.15, -0.1) is 10.2 Å². The van der Waals surface area contributed by atoms with Gasteiger partial charge in [0.2, 0.25) is 35.4 Å². The van der Waals surface area contributed by atoms with Crippen molar-refractivity contribution in [3.8, 4) is 32.6 Å². The lowest BCUT2D eigenvalue weighted by Gasteiger charge is -2.34. The Kier molecular flexibility index (Phi) is 27.0. The van der Waals surface area contributed by atoms with E-state index in [1.165, 1.54) is 61.4 Å². The topological polar surface area (TPSA) is 436 Å². The van der Waals surface area contributed by atoms with E-state index in [0.717, 1.165) is 86.4 Å². The molecule has 4 aliphatic heterocycles. The lowest BCUT2D eigenvalue weighted by Crippen LogP contribution is -2.64. The lowest BCUT2D eigenvalue weighted by molar-refractivity contribution is -0.147. The summed E-state index contributed by atoms with van der Waals surface area (Å²) in [6, 6.07) is 7.39. The number of phenols is 1. The van der Waals surface area contributed by atoms with Crippen molar-refractivity contribution in [2.45, 2.75) is 163 Å². The molecule has 0 radical (unpaired) electrons. The number of unbranched alkanes of at least 4 members (excludes halogenated alkanes) is 4. The highest BCUT2D eigenvalue weighted by atomic mass is 32.1. The van der Waals surface area contributed by atoms with Gasteiger partial charge in [-0.25, -0.2) is 0 Å². The van der Waals surface area contributed by atoms with Crippen LogP contribution in [0.15, 0.2) is 66.7 Å². The molecule has 0 unspecified atom stereocenters. The maximum atomic E-state index is 14.7. The second-order valence-electron chi connectivity index (χ2n) is 24.9. The zero-order chi connectivity index (χ0) is 68.5. The Morgan fingerprint density at radius 1 is 0.716 bits per heavy atom. The van der Waals surface area contributed by atoms with E-state index in [2.05, 4.69) is 53.8 Å². The first-order valence-corrected chi connectivity index (χ1v) is 33.3. The number of carbonyl (C=O) groups excluding carboxylic acids is 7. The van der Waals surface area contributed by atoms with Crippen molar-refractivity contribution in [3.05, 3.63) is 77.9 Å². The maximum Gasteiger partial charge on any atom is 0.251 e. The zero-order valence-electron chi connectivity index (χ0n) is 53.8. The molecule has 0 spiro atoms. The number of aliphatic hydroxyl groups excluding tert-OH is 6. The van der Waals surface area contributed by atoms with E-state index in [9.17, 15) is 69.3 Å². The maximum absolute atomic E-state index is 14.7. The molecule has 4 fully saturated rings. The van der Waals surface area contributed by atoms with E-state index in [1.54, 1.807) is 19.2 Å². The Hall–Kier alpha value is -7.49. The Morgan fingerprint density at radius 2 is 1.35 bits per heavy atom. The lowest BCUT2D eigenvalue weighted by atomic mass is 9.98. The number of fused-ring (bicyclic) bond motifs is 2. The molecule has 5 heterocycles. The predicted octanol–water partition coefficient (Wildman–Crippen LogP) is -1.21. The van der Waals surface area contributed by atoms with E-state index < -0.39 is 152 Å². The van der Waals surface area contributed by atoms with Crippen LogP contribution in [0.4, 0.5) is 5.69 Å². The summed E-state index contributed by atoms with van der Waals surface area (Å²) in [5.74, 6) is -8.64. The third-order valence-corrected chi connectivity index (χ3v) is 18.7. The van der Waals surface area contributed by atoms with Crippen molar-refractivity contribution < 1.29 is 83.5 Å². The summed E-state index contributed by atoms with van der Waals surface area (Å²) >= 11 is 1.34. The number of nitrogens with two attached hydrogens (primary N) is 2. The molecule has 0 bridgehead atoms. The van der Waals surface area contributed by atoms with Crippen molar-refractivity contribution in [3.63, 3.8) is 0 Å². The molecule has 4 saturated heterocycles. The predicted molar refractivity (Wildman–Crippen MR) is 348 cm³/mol. The fourth-order valence-electron chi connectivity index (χ4n) is 12.3. The Labute approximate surface area is 555 Å². The summed E-state index contributed by atoms with van der Waals surface area (Å²) in [6.45, 7) is 4.43. The average molecular weight is 1350 g/mol. The molecule has 13 atom stereocenters. The summed E-state index contributed by atoms with van der Waals surface area (Å²) in [5, 5.41) is 102. The van der Waals surface area contributed by atoms with Gasteiger partial charge >= 0.3 is 0 Å². The van der Waals surface area contributed by atoms with Gasteiger partial charge in [0.1, 0.15) is 52.9 Å². The van der Waals surface area contributed by atoms with Gasteiger partial charge < -0.3 is 103 Å². The number of aromatic hydroxyl groups is 1. The van der Waals surface area contributed by atoms with E-state index >= 15 is 0 Å². The number of methoxy groups -OCH3 is 1. The monoisotopic (exact) mass is 1340 g/mol. The highest BCUT2D eigenvalue weighted by Gasteiger charge is 2.50. The van der Waals surface area contributed by atoms with Crippen LogP contribution >= 0.6 is 11.3 Å². The van der Waals surface area contributed by atoms with Crippen molar-refractivity contribution >= 4 is 58.4 Å². The number of aliphatic hydroxyl groups is 6. The van der Waals surface area contributed by atoms with Crippen LogP contribution in [0.1, 0.15) is 94.0 Å². The van der Waals surface area contributed by atoms with E-state index in [0.29, 0.717) is 15.6 Å². The number of ether oxygens (including phenoxy) is 3. The summed E-state index contributed by atoms with van der Waals surface area (Å²) in [4.78, 5) is 106. The molecular weight excluding hydrogens is 1250 g/mol. The fourth-order valence-corrected chi connectivity index (χ4v) is 13.1. The molecule has 0 saturated carbocycles. The summed E-state index contributed by atoms with van der Waals surface area (Å²) in [7, 11) is 1.73. The van der Waals surface area contributed by atoms with Gasteiger partial charge in [0.25, 0.3) is 5.91 Å². The standard InChI is InChI=1S/C65H92N12O17S/c1-36-34-77-55(56(36)84)61(89)68-33-43(79)31-46(69-57(85)39-10-12-40(13-11-39)62-73-74-63(95-62)41-14-16-42(17-15-41)75-24-20-45(21-25-75)93-27-8-6-4-5-7-26-92-3)58(86)70-52(37(2)78)64(90)76-35-44(80)32-47(76)59(87)71-53(60(88)72-54(65(77)91)49(82)19-22-66)50(83)29-38-9-18-48(81)51(30-38)94-28-23-67/h9-18,30,36-37,43-47,49-50,52-56,78-84H,4-8,19-29,31-35,66-67H2,1-3H3,(H,68,89)(H,69,85)(H,70,86)(H,71,87)(H,72,88)/t36-,37+,43+,44+,46-,47-,49+,50+,52-,53-,54-,55-,56-/m0/s1. The molecule has 4 aliphatic rings. The summed E-state index contributed by atoms with van der Waals surface area (Å²) in [5.41, 5.74) is 14.3. The molecule has 4 aromatic rings. The number of β-amino-alcohol motifs (C(OH)–C–C–N with tert-alkyl or cyclic N) is 1. The number of hydrogen-bond donors (Lipinski definition) is 14. The van der Waals surface area contributed by atoms with Crippen molar-refractivity contribution in [2.24, 2.45) is 17.4 Å². The second kappa shape index (κ2) is 35.0. The number of carbonyl (C=O) groups is 7. The van der Waals surface area contributed by atoms with Crippen LogP contribution in [-0.4, -0.2) is 249 Å². The minimum absolute atomic E-state index is 0.00538. The largest absolute Gasteiger partial charge is 0.504 e. The van der Waals surface area contributed by atoms with Crippen LogP contribution in [-0.2, 0) is 44.7 Å². The van der Waals surface area contributed by atoms with Crippen molar-refractivity contribution in [1.29, 1.82) is 0 Å². The quantitative estimate of drug-likeness (QED) is 0.0366. The van der Waals surface area contributed by atoms with Gasteiger partial charge in [0.15, 0.2) is 11.5 Å². The molecule has 8 rings (SSSR count). The van der Waals surface area contributed by atoms with Crippen LogP contribution < -0.4 is 47.7 Å². The fraction of sp³-hybridized carbons (Fsp3) is 0.585. The summed E-state index contributed by atoms with van der Waals surface area (Å²) < 4.78 is 16.9. The molecular formula is C65H92N12O17S. The minimum Gasteiger partial charge on any atom is -0.504 e. The van der Waals surface area contributed by atoms with Gasteiger partial charge in [0.05, 0.1) is 42.7 Å². The number of rotatable bonds is 24. The number of hydrogen-bond acceptors (Lipinski definition) is 23. The van der Waals surface area contributed by atoms with Crippen molar-refractivity contribution in [2.75, 3.05) is 77.6 Å². The first kappa shape index (κ1) is 73.3. The number of aromatic nitrogens is 2. The molecule has 29 nitrogen and oxygen atoms in total. The number of anilines is 1. The van der Waals surface area contributed by atoms with E-state index in [-0.39, 0.29) is 61.4 Å². The van der Waals surface area contributed by atoms with Gasteiger partial charge in [0, 0.05) is 107 Å². The molecule has 7 amide bonds. The normalized spacial score (nSPS) is 25.5. The number of nitrogens with zero attached hydrogens (tertiary/aromatic N) is 5. The average Bonchev–Trinajstić information content (AvgIpc) is 1.69. The number of phenolic OH excluding ortho intramolecular Hbond substituents is 1. The van der Waals surface area contributed by atoms with Gasteiger partial charge in [-0.1, -0.05) is 55.7 Å². The molecule has 520 valence electrons. The molecule has 1 aromatic heterocycles. The van der Waals surface area contributed by atoms with E-state index in [1.807, 2.05) is 12.1 Å². The van der Waals surface area contributed by atoms with Crippen LogP contribution in [0.25, 0.3) is 21.1 Å². The van der Waals surface area contributed by atoms with Crippen LogP contribution in [0.3, 0.4) is 0 Å². The minimum atomic E-state index is -2.04. The van der Waals surface area contributed by atoms with Gasteiger partial charge in [-0.3, -0.25) is 33.6 Å². The molecule has 3 aromatic carbocycles. The number of benzene rings is 3. The van der Waals surface area contributed by atoms with E-state index in [4.69, 9.17) is 25.7 Å². The Morgan fingerprint density at radius 3 is 2.00 bits per heavy atom. The zero-order valence-corrected chi connectivity index (χ0v) is 54.6. The van der Waals surface area contributed by atoms with Crippen LogP contribution in [0.2, 0.25) is 0 Å². The highest BCUT2D eigenvalue weighted by Crippen LogP contribution is 2.33. The highest BCUT2D eigenvalue weighted by molar-refractivity contribution is 7.17. The smallest absolute Gasteiger partial charge is 0.251 e. The van der Waals surface area contributed by atoms with Gasteiger partial charge in [-0.2, -0.15) is 0 Å². The van der Waals surface area contributed by atoms with Crippen molar-refractivity contribution in [1.82, 2.24) is 46.6 Å².